The molecule has 6 heteroatoms. The van der Waals surface area contributed by atoms with Crippen molar-refractivity contribution >= 4 is 17.3 Å². The minimum Gasteiger partial charge on any atom is -0.294 e. The highest BCUT2D eigenvalue weighted by atomic mass is 16.6. The van der Waals surface area contributed by atoms with Crippen molar-refractivity contribution in [1.82, 2.24) is 4.98 Å². The van der Waals surface area contributed by atoms with Gasteiger partial charge in [0.1, 0.15) is 0 Å². The van der Waals surface area contributed by atoms with E-state index < -0.39 is 10.7 Å². The lowest BCUT2D eigenvalue weighted by Gasteiger charge is -2.03. The molecular formula is C15H12N2O4. The molecule has 0 fully saturated rings. The summed E-state index contributed by atoms with van der Waals surface area (Å²) in [5.74, 6) is -0.787. The van der Waals surface area contributed by atoms with Crippen LogP contribution in [0.3, 0.4) is 0 Å². The molecule has 0 aliphatic heterocycles. The van der Waals surface area contributed by atoms with Gasteiger partial charge in [-0.1, -0.05) is 12.1 Å². The Morgan fingerprint density at radius 1 is 1.10 bits per heavy atom. The summed E-state index contributed by atoms with van der Waals surface area (Å²) in [5.41, 5.74) is 0.892. The molecule has 106 valence electrons. The molecule has 1 aromatic carbocycles. The number of nitro benzene ring substituents is 1. The van der Waals surface area contributed by atoms with Gasteiger partial charge in [-0.05, 0) is 19.1 Å². The zero-order chi connectivity index (χ0) is 15.4. The van der Waals surface area contributed by atoms with Crippen LogP contribution in [0.15, 0.2) is 42.7 Å². The SMILES string of the molecule is Cc1ccc(C(=O)CC(=O)c2ccncc2)cc1[N+](=O)[O-]. The van der Waals surface area contributed by atoms with E-state index in [0.717, 1.165) is 0 Å². The number of hydrogen-bond acceptors (Lipinski definition) is 5. The van der Waals surface area contributed by atoms with E-state index in [-0.39, 0.29) is 23.5 Å². The second-order valence-corrected chi connectivity index (χ2v) is 4.52. The maximum Gasteiger partial charge on any atom is 0.273 e. The molecule has 0 spiro atoms. The molecule has 0 aliphatic rings. The average molecular weight is 284 g/mol. The lowest BCUT2D eigenvalue weighted by Crippen LogP contribution is -2.09. The van der Waals surface area contributed by atoms with Gasteiger partial charge in [-0.15, -0.1) is 0 Å². The number of Topliss-reactive ketones (excluding diaryl/α,β-unsaturated/α-hetero) is 2. The summed E-state index contributed by atoms with van der Waals surface area (Å²) in [5, 5.41) is 10.9. The second-order valence-electron chi connectivity index (χ2n) is 4.52. The van der Waals surface area contributed by atoms with Gasteiger partial charge in [-0.25, -0.2) is 0 Å². The Morgan fingerprint density at radius 2 is 1.71 bits per heavy atom. The first-order valence-corrected chi connectivity index (χ1v) is 6.20. The number of aryl methyl sites for hydroxylation is 1. The van der Waals surface area contributed by atoms with Gasteiger partial charge in [0.25, 0.3) is 5.69 Å². The first-order valence-electron chi connectivity index (χ1n) is 6.20. The molecule has 1 aromatic heterocycles. The van der Waals surface area contributed by atoms with E-state index in [2.05, 4.69) is 4.98 Å². The third kappa shape index (κ3) is 3.36. The fourth-order valence-electron chi connectivity index (χ4n) is 1.87. The van der Waals surface area contributed by atoms with Crippen molar-refractivity contribution in [2.24, 2.45) is 0 Å². The van der Waals surface area contributed by atoms with Crippen LogP contribution >= 0.6 is 0 Å². The van der Waals surface area contributed by atoms with Gasteiger partial charge < -0.3 is 0 Å². The Hall–Kier alpha value is -2.89. The normalized spacial score (nSPS) is 10.1. The summed E-state index contributed by atoms with van der Waals surface area (Å²) in [6.45, 7) is 1.59. The zero-order valence-electron chi connectivity index (χ0n) is 11.3. The minimum atomic E-state index is -0.545. The number of hydrogen-bond donors (Lipinski definition) is 0. The van der Waals surface area contributed by atoms with Crippen molar-refractivity contribution in [2.45, 2.75) is 13.3 Å². The lowest BCUT2D eigenvalue weighted by molar-refractivity contribution is -0.385. The molecule has 2 rings (SSSR count). The Labute approximate surface area is 120 Å². The van der Waals surface area contributed by atoms with Gasteiger partial charge in [0.05, 0.1) is 11.3 Å². The third-order valence-corrected chi connectivity index (χ3v) is 3.05. The molecule has 21 heavy (non-hydrogen) atoms. The third-order valence-electron chi connectivity index (χ3n) is 3.05. The molecule has 0 unspecified atom stereocenters. The summed E-state index contributed by atoms with van der Waals surface area (Å²) in [4.78, 5) is 38.1. The number of aromatic nitrogens is 1. The molecule has 1 heterocycles. The van der Waals surface area contributed by atoms with Crippen LogP contribution in [0.4, 0.5) is 5.69 Å². The van der Waals surface area contributed by atoms with E-state index in [9.17, 15) is 19.7 Å². The number of nitrogens with zero attached hydrogens (tertiary/aromatic N) is 2. The molecule has 0 atom stereocenters. The summed E-state index contributed by atoms with van der Waals surface area (Å²) in [6, 6.07) is 7.24. The van der Waals surface area contributed by atoms with Crippen LogP contribution in [-0.4, -0.2) is 21.5 Å². The summed E-state index contributed by atoms with van der Waals surface area (Å²) < 4.78 is 0. The number of rotatable bonds is 5. The zero-order valence-corrected chi connectivity index (χ0v) is 11.3. The van der Waals surface area contributed by atoms with E-state index in [1.54, 1.807) is 6.92 Å². The monoisotopic (exact) mass is 284 g/mol. The van der Waals surface area contributed by atoms with Crippen molar-refractivity contribution in [2.75, 3.05) is 0 Å². The van der Waals surface area contributed by atoms with E-state index in [1.807, 2.05) is 0 Å². The van der Waals surface area contributed by atoms with Crippen molar-refractivity contribution < 1.29 is 14.5 Å². The maximum absolute atomic E-state index is 12.1. The topological polar surface area (TPSA) is 90.2 Å². The molecular weight excluding hydrogens is 272 g/mol. The van der Waals surface area contributed by atoms with Crippen LogP contribution < -0.4 is 0 Å². The number of nitro groups is 1. The van der Waals surface area contributed by atoms with Gasteiger partial charge in [0, 0.05) is 35.2 Å². The van der Waals surface area contributed by atoms with Gasteiger partial charge in [0.15, 0.2) is 11.6 Å². The average Bonchev–Trinajstić information content (AvgIpc) is 2.48. The van der Waals surface area contributed by atoms with Crippen LogP contribution in [0.5, 0.6) is 0 Å². The molecule has 0 N–H and O–H groups in total. The summed E-state index contributed by atoms with van der Waals surface area (Å²) in [7, 11) is 0. The summed E-state index contributed by atoms with van der Waals surface area (Å²) in [6.07, 6.45) is 2.60. The molecule has 0 saturated heterocycles. The standard InChI is InChI=1S/C15H12N2O4/c1-10-2-3-12(8-13(10)17(20)21)15(19)9-14(18)11-4-6-16-7-5-11/h2-8H,9H2,1H3. The Kier molecular flexibility index (Phi) is 4.18. The van der Waals surface area contributed by atoms with Crippen molar-refractivity contribution in [1.29, 1.82) is 0 Å². The van der Waals surface area contributed by atoms with E-state index in [1.165, 1.54) is 42.7 Å². The van der Waals surface area contributed by atoms with Gasteiger partial charge in [-0.3, -0.25) is 24.7 Å². The number of carbonyl (C=O) groups is 2. The highest BCUT2D eigenvalue weighted by molar-refractivity contribution is 6.13. The molecule has 0 saturated carbocycles. The molecule has 0 aliphatic carbocycles. The number of carbonyl (C=O) groups excluding carboxylic acids is 2. The predicted octanol–water partition coefficient (Wildman–Crippen LogP) is 2.75. The number of pyridine rings is 1. The van der Waals surface area contributed by atoms with Gasteiger partial charge in [-0.2, -0.15) is 0 Å². The Bertz CT molecular complexity index is 711. The highest BCUT2D eigenvalue weighted by Gasteiger charge is 2.17. The largest absolute Gasteiger partial charge is 0.294 e. The van der Waals surface area contributed by atoms with Crippen molar-refractivity contribution in [3.63, 3.8) is 0 Å². The van der Waals surface area contributed by atoms with Crippen LogP contribution in [-0.2, 0) is 0 Å². The molecule has 0 bridgehead atoms. The first kappa shape index (κ1) is 14.5. The second kappa shape index (κ2) is 6.04. The van der Waals surface area contributed by atoms with Crippen LogP contribution in [0.1, 0.15) is 32.7 Å². The molecule has 0 amide bonds. The van der Waals surface area contributed by atoms with E-state index in [4.69, 9.17) is 0 Å². The predicted molar refractivity (Wildman–Crippen MR) is 75.3 cm³/mol. The smallest absolute Gasteiger partial charge is 0.273 e. The van der Waals surface area contributed by atoms with Gasteiger partial charge in [0.2, 0.25) is 0 Å². The summed E-state index contributed by atoms with van der Waals surface area (Å²) >= 11 is 0. The number of benzene rings is 1. The quantitative estimate of drug-likeness (QED) is 0.364. The highest BCUT2D eigenvalue weighted by Crippen LogP contribution is 2.20. The maximum atomic E-state index is 12.1. The Morgan fingerprint density at radius 3 is 2.33 bits per heavy atom. The van der Waals surface area contributed by atoms with Crippen LogP contribution in [0.25, 0.3) is 0 Å². The molecule has 6 nitrogen and oxygen atoms in total. The fourth-order valence-corrected chi connectivity index (χ4v) is 1.87. The minimum absolute atomic E-state index is 0.128. The lowest BCUT2D eigenvalue weighted by atomic mass is 10.0. The van der Waals surface area contributed by atoms with Gasteiger partial charge >= 0.3 is 0 Å². The number of ketones is 2. The van der Waals surface area contributed by atoms with E-state index >= 15 is 0 Å². The fraction of sp³-hybridized carbons (Fsp3) is 0.133. The molecule has 0 radical (unpaired) electrons. The Balaban J connectivity index is 2.19. The van der Waals surface area contributed by atoms with E-state index in [0.29, 0.717) is 11.1 Å². The van der Waals surface area contributed by atoms with Crippen molar-refractivity contribution in [3.8, 4) is 0 Å². The molecule has 2 aromatic rings. The van der Waals surface area contributed by atoms with Crippen LogP contribution in [0, 0.1) is 17.0 Å². The first-order chi connectivity index (χ1) is 9.99. The van der Waals surface area contributed by atoms with Crippen molar-refractivity contribution in [3.05, 3.63) is 69.5 Å². The van der Waals surface area contributed by atoms with Crippen LogP contribution in [0.2, 0.25) is 0 Å².